The van der Waals surface area contributed by atoms with Crippen molar-refractivity contribution in [2.24, 2.45) is 7.05 Å². The summed E-state index contributed by atoms with van der Waals surface area (Å²) in [7, 11) is -2.26. The number of hydrogen-bond acceptors (Lipinski definition) is 8. The first-order chi connectivity index (χ1) is 14.7. The number of aryl methyl sites for hydroxylation is 2. The van der Waals surface area contributed by atoms with Crippen LogP contribution in [0.2, 0.25) is 0 Å². The van der Waals surface area contributed by atoms with Crippen LogP contribution in [0.25, 0.3) is 0 Å². The highest BCUT2D eigenvalue weighted by molar-refractivity contribution is 7.89. The third-order valence-electron chi connectivity index (χ3n) is 4.03. The Morgan fingerprint density at radius 2 is 1.97 bits per heavy atom. The van der Waals surface area contributed by atoms with E-state index in [-0.39, 0.29) is 23.8 Å². The number of rotatable bonds is 9. The number of esters is 1. The molecule has 0 fully saturated rings. The fraction of sp³-hybridized carbons (Fsp3) is 0.263. The summed E-state index contributed by atoms with van der Waals surface area (Å²) in [5.74, 6) is -0.953. The van der Waals surface area contributed by atoms with E-state index in [9.17, 15) is 18.0 Å². The number of carbonyl (C=O) groups excluding carboxylic acids is 2. The third-order valence-corrected chi connectivity index (χ3v) is 6.28. The summed E-state index contributed by atoms with van der Waals surface area (Å²) < 4.78 is 32.7. The van der Waals surface area contributed by atoms with E-state index >= 15 is 0 Å². The number of sulfonamides is 1. The van der Waals surface area contributed by atoms with Gasteiger partial charge in [0.15, 0.2) is 0 Å². The predicted octanol–water partition coefficient (Wildman–Crippen LogP) is 1.39. The van der Waals surface area contributed by atoms with Gasteiger partial charge in [-0.3, -0.25) is 14.3 Å². The Kier molecular flexibility index (Phi) is 7.15. The highest BCUT2D eigenvalue weighted by Gasteiger charge is 2.18. The minimum atomic E-state index is -3.85. The molecule has 0 unspecified atom stereocenters. The van der Waals surface area contributed by atoms with Crippen LogP contribution in [-0.4, -0.2) is 41.6 Å². The van der Waals surface area contributed by atoms with Gasteiger partial charge in [0.2, 0.25) is 15.9 Å². The minimum Gasteiger partial charge on any atom is -0.458 e. The van der Waals surface area contributed by atoms with Gasteiger partial charge in [-0.1, -0.05) is 17.7 Å². The van der Waals surface area contributed by atoms with Crippen molar-refractivity contribution in [3.8, 4) is 0 Å². The van der Waals surface area contributed by atoms with Crippen molar-refractivity contribution in [3.05, 3.63) is 58.3 Å². The predicted molar refractivity (Wildman–Crippen MR) is 114 cm³/mol. The number of carbonyl (C=O) groups is 2. The Balaban J connectivity index is 1.43. The van der Waals surface area contributed by atoms with E-state index in [1.54, 1.807) is 12.4 Å². The second kappa shape index (κ2) is 9.81. The topological polar surface area (TPSA) is 132 Å². The van der Waals surface area contributed by atoms with E-state index in [0.717, 1.165) is 5.56 Å². The van der Waals surface area contributed by atoms with E-state index in [1.807, 2.05) is 31.2 Å². The number of thiazole rings is 1. The van der Waals surface area contributed by atoms with Gasteiger partial charge in [-0.2, -0.15) is 9.82 Å². The molecule has 164 valence electrons. The molecule has 0 aliphatic heterocycles. The Morgan fingerprint density at radius 3 is 2.65 bits per heavy atom. The fourth-order valence-electron chi connectivity index (χ4n) is 2.46. The van der Waals surface area contributed by atoms with Crippen molar-refractivity contribution in [2.45, 2.75) is 24.8 Å². The van der Waals surface area contributed by atoms with Gasteiger partial charge in [0.1, 0.15) is 23.1 Å². The first-order valence-electron chi connectivity index (χ1n) is 9.15. The molecule has 0 radical (unpaired) electrons. The second-order valence-electron chi connectivity index (χ2n) is 6.66. The Labute approximate surface area is 183 Å². The molecule has 2 heterocycles. The Morgan fingerprint density at radius 1 is 1.23 bits per heavy atom. The lowest BCUT2D eigenvalue weighted by Gasteiger charge is -2.05. The van der Waals surface area contributed by atoms with E-state index in [0.29, 0.717) is 16.4 Å². The summed E-state index contributed by atoms with van der Waals surface area (Å²) in [6.07, 6.45) is 2.59. The lowest BCUT2D eigenvalue weighted by Crippen LogP contribution is -2.30. The molecule has 0 atom stereocenters. The van der Waals surface area contributed by atoms with Crippen LogP contribution in [-0.2, 0) is 44.4 Å². The molecule has 2 aromatic heterocycles. The summed E-state index contributed by atoms with van der Waals surface area (Å²) in [5.41, 5.74) is 2.28. The molecule has 10 nitrogen and oxygen atoms in total. The standard InChI is InChI=1S/C19H21N5O5S2/c1-13-3-5-14(6-4-13)22-17(25)7-18-23-15(12-30-18)11-29-19(26)9-21-31(27,28)16-8-20-24(2)10-16/h3-6,8,10,12,21H,7,9,11H2,1-2H3,(H,22,25). The van der Waals surface area contributed by atoms with Gasteiger partial charge in [0, 0.05) is 24.3 Å². The van der Waals surface area contributed by atoms with E-state index in [1.165, 1.54) is 28.4 Å². The average molecular weight is 464 g/mol. The zero-order valence-electron chi connectivity index (χ0n) is 16.9. The van der Waals surface area contributed by atoms with Gasteiger partial charge in [-0.15, -0.1) is 11.3 Å². The number of amides is 1. The molecule has 2 N–H and O–H groups in total. The molecule has 0 spiro atoms. The molecule has 3 rings (SSSR count). The summed E-state index contributed by atoms with van der Waals surface area (Å²) in [5, 5.41) is 8.83. The van der Waals surface area contributed by atoms with Crippen LogP contribution in [0.4, 0.5) is 5.69 Å². The maximum absolute atomic E-state index is 12.1. The van der Waals surface area contributed by atoms with Gasteiger partial charge < -0.3 is 10.1 Å². The smallest absolute Gasteiger partial charge is 0.321 e. The maximum atomic E-state index is 12.1. The molecule has 0 saturated carbocycles. The highest BCUT2D eigenvalue weighted by atomic mass is 32.2. The molecule has 1 amide bonds. The van der Waals surface area contributed by atoms with Gasteiger partial charge in [-0.25, -0.2) is 13.4 Å². The van der Waals surface area contributed by atoms with Crippen molar-refractivity contribution in [1.82, 2.24) is 19.5 Å². The zero-order chi connectivity index (χ0) is 22.4. The summed E-state index contributed by atoms with van der Waals surface area (Å²) in [4.78, 5) is 28.2. The van der Waals surface area contributed by atoms with E-state index in [2.05, 4.69) is 20.1 Å². The van der Waals surface area contributed by atoms with Crippen LogP contribution >= 0.6 is 11.3 Å². The van der Waals surface area contributed by atoms with Crippen LogP contribution in [0.1, 0.15) is 16.3 Å². The Bertz CT molecular complexity index is 1170. The summed E-state index contributed by atoms with van der Waals surface area (Å²) in [6.45, 7) is 1.32. The second-order valence-corrected chi connectivity index (χ2v) is 9.37. The van der Waals surface area contributed by atoms with Crippen LogP contribution in [0, 0.1) is 6.92 Å². The molecule has 0 saturated heterocycles. The number of hydrogen-bond donors (Lipinski definition) is 2. The van der Waals surface area contributed by atoms with Crippen LogP contribution in [0.5, 0.6) is 0 Å². The number of ether oxygens (including phenoxy) is 1. The number of nitrogens with one attached hydrogen (secondary N) is 2. The maximum Gasteiger partial charge on any atom is 0.321 e. The zero-order valence-corrected chi connectivity index (χ0v) is 18.5. The van der Waals surface area contributed by atoms with Crippen molar-refractivity contribution in [3.63, 3.8) is 0 Å². The van der Waals surface area contributed by atoms with Crippen molar-refractivity contribution in [1.29, 1.82) is 0 Å². The van der Waals surface area contributed by atoms with Crippen molar-refractivity contribution in [2.75, 3.05) is 11.9 Å². The molecular formula is C19H21N5O5S2. The Hall–Kier alpha value is -3.09. The van der Waals surface area contributed by atoms with Crippen molar-refractivity contribution < 1.29 is 22.7 Å². The highest BCUT2D eigenvalue weighted by Crippen LogP contribution is 2.14. The summed E-state index contributed by atoms with van der Waals surface area (Å²) in [6, 6.07) is 7.45. The lowest BCUT2D eigenvalue weighted by atomic mass is 10.2. The SMILES string of the molecule is Cc1ccc(NC(=O)Cc2nc(COC(=O)CNS(=O)(=O)c3cnn(C)c3)cs2)cc1. The fourth-order valence-corrected chi connectivity index (χ4v) is 4.19. The number of aromatic nitrogens is 3. The quantitative estimate of drug-likeness (QED) is 0.458. The van der Waals surface area contributed by atoms with Crippen LogP contribution in [0.3, 0.4) is 0 Å². The molecule has 1 aromatic carbocycles. The molecule has 0 aliphatic rings. The van der Waals surface area contributed by atoms with E-state index < -0.39 is 22.5 Å². The lowest BCUT2D eigenvalue weighted by molar-refractivity contribution is -0.143. The van der Waals surface area contributed by atoms with Crippen LogP contribution in [0.15, 0.2) is 46.9 Å². The minimum absolute atomic E-state index is 0.0455. The van der Waals surface area contributed by atoms with Crippen LogP contribution < -0.4 is 10.0 Å². The first-order valence-corrected chi connectivity index (χ1v) is 11.5. The molecule has 31 heavy (non-hydrogen) atoms. The van der Waals surface area contributed by atoms with Gasteiger partial charge in [0.25, 0.3) is 0 Å². The molecule has 12 heteroatoms. The number of benzene rings is 1. The van der Waals surface area contributed by atoms with Crippen molar-refractivity contribution >= 4 is 38.9 Å². The largest absolute Gasteiger partial charge is 0.458 e. The molecule has 0 aliphatic carbocycles. The molecule has 0 bridgehead atoms. The monoisotopic (exact) mass is 463 g/mol. The normalized spacial score (nSPS) is 11.3. The first kappa shape index (κ1) is 22.6. The molecular weight excluding hydrogens is 442 g/mol. The third kappa shape index (κ3) is 6.70. The number of anilines is 1. The van der Waals surface area contributed by atoms with Gasteiger partial charge in [0.05, 0.1) is 18.3 Å². The van der Waals surface area contributed by atoms with Gasteiger partial charge in [-0.05, 0) is 19.1 Å². The van der Waals surface area contributed by atoms with Gasteiger partial charge >= 0.3 is 5.97 Å². The van der Waals surface area contributed by atoms with E-state index in [4.69, 9.17) is 4.74 Å². The average Bonchev–Trinajstić information content (AvgIpc) is 3.36. The molecule has 3 aromatic rings. The number of nitrogens with zero attached hydrogens (tertiary/aromatic N) is 3. The summed E-state index contributed by atoms with van der Waals surface area (Å²) >= 11 is 1.28.